The van der Waals surface area contributed by atoms with E-state index in [0.29, 0.717) is 26.3 Å². The minimum atomic E-state index is -3.63. The van der Waals surface area contributed by atoms with Gasteiger partial charge in [-0.2, -0.15) is 0 Å². The van der Waals surface area contributed by atoms with Gasteiger partial charge in [0.2, 0.25) is 10.0 Å². The maximum atomic E-state index is 13.0. The predicted octanol–water partition coefficient (Wildman–Crippen LogP) is 1.61. The van der Waals surface area contributed by atoms with Gasteiger partial charge < -0.3 is 9.64 Å². The summed E-state index contributed by atoms with van der Waals surface area (Å²) in [5, 5.41) is 0. The third-order valence-corrected chi connectivity index (χ3v) is 6.79. The summed E-state index contributed by atoms with van der Waals surface area (Å²) >= 11 is 0. The Hall–Kier alpha value is -2.07. The first-order valence-electron chi connectivity index (χ1n) is 9.77. The summed E-state index contributed by atoms with van der Waals surface area (Å²) in [5.41, 5.74) is 1.01. The molecule has 1 atom stereocenters. The van der Waals surface area contributed by atoms with Gasteiger partial charge in [0.05, 0.1) is 13.2 Å². The van der Waals surface area contributed by atoms with Crippen molar-refractivity contribution < 1.29 is 17.5 Å². The van der Waals surface area contributed by atoms with Crippen LogP contribution in [0, 0.1) is 5.82 Å². The van der Waals surface area contributed by atoms with Crippen molar-refractivity contribution in [2.75, 3.05) is 44.3 Å². The Labute approximate surface area is 170 Å². The SMILES string of the molecule is O=S(=O)(N[C@@H]1CCN(Cc2ccc(F)cc2)C1)c1ccc(N2CCOCC2)nc1. The van der Waals surface area contributed by atoms with Crippen molar-refractivity contribution in [2.24, 2.45) is 0 Å². The molecule has 0 amide bonds. The molecule has 0 spiro atoms. The van der Waals surface area contributed by atoms with Gasteiger partial charge >= 0.3 is 0 Å². The van der Waals surface area contributed by atoms with E-state index in [1.807, 2.05) is 0 Å². The number of hydrogen-bond acceptors (Lipinski definition) is 6. The number of pyridine rings is 1. The van der Waals surface area contributed by atoms with Crippen molar-refractivity contribution in [2.45, 2.75) is 23.9 Å². The highest BCUT2D eigenvalue weighted by molar-refractivity contribution is 7.89. The number of benzene rings is 1. The fourth-order valence-electron chi connectivity index (χ4n) is 3.72. The van der Waals surface area contributed by atoms with Crippen molar-refractivity contribution >= 4 is 15.8 Å². The van der Waals surface area contributed by atoms with Crippen molar-refractivity contribution in [1.29, 1.82) is 0 Å². The van der Waals surface area contributed by atoms with Crippen LogP contribution in [-0.4, -0.2) is 63.7 Å². The number of likely N-dealkylation sites (tertiary alicyclic amines) is 1. The van der Waals surface area contributed by atoms with E-state index in [9.17, 15) is 12.8 Å². The zero-order valence-electron chi connectivity index (χ0n) is 16.1. The smallest absolute Gasteiger partial charge is 0.242 e. The Morgan fingerprint density at radius 1 is 1.10 bits per heavy atom. The molecule has 156 valence electrons. The fraction of sp³-hybridized carbons (Fsp3) is 0.450. The van der Waals surface area contributed by atoms with Gasteiger partial charge in [0.1, 0.15) is 16.5 Å². The Morgan fingerprint density at radius 3 is 2.55 bits per heavy atom. The number of hydrogen-bond donors (Lipinski definition) is 1. The molecule has 2 fully saturated rings. The molecule has 2 aliphatic heterocycles. The molecule has 0 radical (unpaired) electrons. The van der Waals surface area contributed by atoms with E-state index < -0.39 is 10.0 Å². The molecule has 0 aliphatic carbocycles. The van der Waals surface area contributed by atoms with Crippen LogP contribution in [0.25, 0.3) is 0 Å². The van der Waals surface area contributed by atoms with Gasteiger partial charge in [-0.3, -0.25) is 4.90 Å². The second-order valence-electron chi connectivity index (χ2n) is 7.42. The van der Waals surface area contributed by atoms with Crippen molar-refractivity contribution in [3.8, 4) is 0 Å². The number of ether oxygens (including phenoxy) is 1. The van der Waals surface area contributed by atoms with Crippen LogP contribution in [0.4, 0.5) is 10.2 Å². The molecule has 9 heteroatoms. The molecule has 1 aromatic heterocycles. The Kier molecular flexibility index (Phi) is 6.09. The summed E-state index contributed by atoms with van der Waals surface area (Å²) in [7, 11) is -3.63. The number of nitrogens with one attached hydrogen (secondary N) is 1. The minimum absolute atomic E-state index is 0.153. The average Bonchev–Trinajstić information content (AvgIpc) is 3.16. The van der Waals surface area contributed by atoms with E-state index in [0.717, 1.165) is 37.4 Å². The Morgan fingerprint density at radius 2 is 1.86 bits per heavy atom. The number of anilines is 1. The topological polar surface area (TPSA) is 74.8 Å². The molecular weight excluding hydrogens is 395 g/mol. The molecule has 29 heavy (non-hydrogen) atoms. The molecule has 7 nitrogen and oxygen atoms in total. The van der Waals surface area contributed by atoms with Crippen LogP contribution in [-0.2, 0) is 21.3 Å². The molecule has 0 saturated carbocycles. The van der Waals surface area contributed by atoms with Gasteiger partial charge in [-0.1, -0.05) is 12.1 Å². The van der Waals surface area contributed by atoms with Gasteiger partial charge in [-0.05, 0) is 36.2 Å². The monoisotopic (exact) mass is 420 g/mol. The largest absolute Gasteiger partial charge is 0.378 e. The first kappa shape index (κ1) is 20.2. The summed E-state index contributed by atoms with van der Waals surface area (Å²) < 4.78 is 46.6. The standard InChI is InChI=1S/C20H25FN4O3S/c21-17-3-1-16(2-4-17)14-24-8-7-18(15-24)23-29(26,27)19-5-6-20(22-13-19)25-9-11-28-12-10-25/h1-6,13,18,23H,7-12,14-15H2/t18-/m1/s1. The molecule has 1 N–H and O–H groups in total. The lowest BCUT2D eigenvalue weighted by molar-refractivity contribution is 0.122. The average molecular weight is 421 g/mol. The summed E-state index contributed by atoms with van der Waals surface area (Å²) in [6.45, 7) is 4.90. The summed E-state index contributed by atoms with van der Waals surface area (Å²) in [6.07, 6.45) is 2.15. The van der Waals surface area contributed by atoms with Crippen molar-refractivity contribution in [3.63, 3.8) is 0 Å². The van der Waals surface area contributed by atoms with E-state index >= 15 is 0 Å². The van der Waals surface area contributed by atoms with Crippen LogP contribution in [0.3, 0.4) is 0 Å². The van der Waals surface area contributed by atoms with E-state index in [4.69, 9.17) is 4.74 Å². The highest BCUT2D eigenvalue weighted by Gasteiger charge is 2.27. The lowest BCUT2D eigenvalue weighted by Gasteiger charge is -2.27. The molecule has 2 aliphatic rings. The van der Waals surface area contributed by atoms with Crippen molar-refractivity contribution in [1.82, 2.24) is 14.6 Å². The zero-order chi connectivity index (χ0) is 20.3. The highest BCUT2D eigenvalue weighted by Crippen LogP contribution is 2.19. The third kappa shape index (κ3) is 5.11. The number of rotatable bonds is 6. The lowest BCUT2D eigenvalue weighted by Crippen LogP contribution is -2.37. The molecule has 1 aromatic carbocycles. The molecule has 2 saturated heterocycles. The molecular formula is C20H25FN4O3S. The first-order valence-corrected chi connectivity index (χ1v) is 11.3. The maximum Gasteiger partial charge on any atom is 0.242 e. The van der Waals surface area contributed by atoms with Gasteiger partial charge in [0, 0.05) is 45.0 Å². The van der Waals surface area contributed by atoms with Crippen LogP contribution in [0.2, 0.25) is 0 Å². The Balaban J connectivity index is 1.34. The van der Waals surface area contributed by atoms with Crippen LogP contribution in [0.1, 0.15) is 12.0 Å². The van der Waals surface area contributed by atoms with Crippen LogP contribution in [0.5, 0.6) is 0 Å². The van der Waals surface area contributed by atoms with Crippen molar-refractivity contribution in [3.05, 3.63) is 54.0 Å². The van der Waals surface area contributed by atoms with Gasteiger partial charge in [-0.25, -0.2) is 22.5 Å². The second-order valence-corrected chi connectivity index (χ2v) is 9.13. The highest BCUT2D eigenvalue weighted by atomic mass is 32.2. The molecule has 2 aromatic rings. The molecule has 4 rings (SSSR count). The Bertz CT molecular complexity index is 916. The zero-order valence-corrected chi connectivity index (χ0v) is 16.9. The van der Waals surface area contributed by atoms with Gasteiger partial charge in [0.25, 0.3) is 0 Å². The second kappa shape index (κ2) is 8.74. The molecule has 0 unspecified atom stereocenters. The summed E-state index contributed by atoms with van der Waals surface area (Å²) in [5.74, 6) is 0.507. The number of morpholine rings is 1. The van der Waals surface area contributed by atoms with E-state index in [-0.39, 0.29) is 16.8 Å². The summed E-state index contributed by atoms with van der Waals surface area (Å²) in [6, 6.07) is 9.60. The van der Waals surface area contributed by atoms with E-state index in [1.54, 1.807) is 24.3 Å². The predicted molar refractivity (Wildman–Crippen MR) is 108 cm³/mol. The molecule has 0 bridgehead atoms. The van der Waals surface area contributed by atoms with Crippen LogP contribution >= 0.6 is 0 Å². The number of halogens is 1. The lowest BCUT2D eigenvalue weighted by atomic mass is 10.2. The number of sulfonamides is 1. The van der Waals surface area contributed by atoms with Gasteiger partial charge in [-0.15, -0.1) is 0 Å². The first-order chi connectivity index (χ1) is 14.0. The van der Waals surface area contributed by atoms with Crippen LogP contribution in [0.15, 0.2) is 47.5 Å². The normalized spacial score (nSPS) is 20.9. The minimum Gasteiger partial charge on any atom is -0.378 e. The maximum absolute atomic E-state index is 13.0. The fourth-order valence-corrected chi connectivity index (χ4v) is 4.92. The third-order valence-electron chi connectivity index (χ3n) is 5.28. The van der Waals surface area contributed by atoms with Crippen LogP contribution < -0.4 is 9.62 Å². The van der Waals surface area contributed by atoms with Gasteiger partial charge in [0.15, 0.2) is 0 Å². The summed E-state index contributed by atoms with van der Waals surface area (Å²) in [4.78, 5) is 8.75. The number of aromatic nitrogens is 1. The molecule has 3 heterocycles. The number of nitrogens with zero attached hydrogens (tertiary/aromatic N) is 3. The quantitative estimate of drug-likeness (QED) is 0.765. The van der Waals surface area contributed by atoms with E-state index in [1.165, 1.54) is 18.3 Å². The van der Waals surface area contributed by atoms with E-state index in [2.05, 4.69) is 19.5 Å².